The first-order valence-electron chi connectivity index (χ1n) is 10.1. The van der Waals surface area contributed by atoms with Crippen molar-refractivity contribution in [3.8, 4) is 17.0 Å². The van der Waals surface area contributed by atoms with Gasteiger partial charge in [0, 0.05) is 17.5 Å². The zero-order valence-electron chi connectivity index (χ0n) is 18.2. The van der Waals surface area contributed by atoms with E-state index >= 15 is 0 Å². The molecule has 2 atom stereocenters. The van der Waals surface area contributed by atoms with Crippen LogP contribution in [-0.4, -0.2) is 33.8 Å². The van der Waals surface area contributed by atoms with Gasteiger partial charge < -0.3 is 14.8 Å². The molecule has 29 heavy (non-hydrogen) atoms. The van der Waals surface area contributed by atoms with Crippen LogP contribution in [0.15, 0.2) is 30.6 Å². The quantitative estimate of drug-likeness (QED) is 0.800. The average molecular weight is 398 g/mol. The summed E-state index contributed by atoms with van der Waals surface area (Å²) >= 11 is 0. The fraction of sp³-hybridized carbons (Fsp3) is 0.522. The van der Waals surface area contributed by atoms with Crippen molar-refractivity contribution in [2.75, 3.05) is 6.61 Å². The van der Waals surface area contributed by atoms with E-state index in [1.165, 1.54) is 0 Å². The van der Waals surface area contributed by atoms with E-state index in [0.717, 1.165) is 35.4 Å². The number of cyclic esters (lactones) is 1. The summed E-state index contributed by atoms with van der Waals surface area (Å²) in [6.07, 6.45) is 4.77. The van der Waals surface area contributed by atoms with Crippen molar-refractivity contribution >= 4 is 6.09 Å². The van der Waals surface area contributed by atoms with Crippen molar-refractivity contribution in [3.05, 3.63) is 41.9 Å². The molecule has 0 bridgehead atoms. The predicted octanol–water partition coefficient (Wildman–Crippen LogP) is 4.83. The highest BCUT2D eigenvalue weighted by molar-refractivity contribution is 5.69. The Morgan fingerprint density at radius 3 is 2.66 bits per heavy atom. The monoisotopic (exact) mass is 397 g/mol. The Hall–Kier alpha value is -2.63. The number of nitrogens with zero attached hydrogens (tertiary/aromatic N) is 2. The summed E-state index contributed by atoms with van der Waals surface area (Å²) in [6.45, 7) is 12.4. The van der Waals surface area contributed by atoms with Crippen molar-refractivity contribution in [2.45, 2.75) is 65.5 Å². The molecule has 3 rings (SSSR count). The predicted molar refractivity (Wildman–Crippen MR) is 113 cm³/mol. The van der Waals surface area contributed by atoms with Gasteiger partial charge in [0.15, 0.2) is 0 Å². The summed E-state index contributed by atoms with van der Waals surface area (Å²) in [4.78, 5) is 21.1. The molecule has 0 spiro atoms. The Morgan fingerprint density at radius 2 is 1.97 bits per heavy atom. The molecule has 156 valence electrons. The summed E-state index contributed by atoms with van der Waals surface area (Å²) < 4.78 is 11.7. The molecular weight excluding hydrogens is 366 g/mol. The minimum absolute atomic E-state index is 0.350. The summed E-state index contributed by atoms with van der Waals surface area (Å²) in [5, 5.41) is 3.00. The van der Waals surface area contributed by atoms with Crippen LogP contribution < -0.4 is 10.1 Å². The minimum Gasteiger partial charge on any atom is -0.489 e. The summed E-state index contributed by atoms with van der Waals surface area (Å²) in [7, 11) is 0. The van der Waals surface area contributed by atoms with E-state index in [1.807, 2.05) is 52.8 Å². The largest absolute Gasteiger partial charge is 0.489 e. The van der Waals surface area contributed by atoms with Gasteiger partial charge in [-0.3, -0.25) is 9.97 Å². The second-order valence-electron chi connectivity index (χ2n) is 9.16. The fourth-order valence-electron chi connectivity index (χ4n) is 4.19. The van der Waals surface area contributed by atoms with Gasteiger partial charge in [-0.2, -0.15) is 0 Å². The number of ether oxygens (including phenoxy) is 2. The molecule has 2 aromatic heterocycles. The van der Waals surface area contributed by atoms with E-state index in [0.29, 0.717) is 18.3 Å². The number of pyridine rings is 2. The van der Waals surface area contributed by atoms with Gasteiger partial charge in [-0.25, -0.2) is 4.79 Å². The first kappa shape index (κ1) is 21.1. The van der Waals surface area contributed by atoms with Crippen LogP contribution in [0.1, 0.15) is 51.8 Å². The molecule has 1 unspecified atom stereocenters. The van der Waals surface area contributed by atoms with Crippen LogP contribution in [0.4, 0.5) is 4.79 Å². The van der Waals surface area contributed by atoms with E-state index in [-0.39, 0.29) is 0 Å². The van der Waals surface area contributed by atoms with E-state index in [2.05, 4.69) is 22.2 Å². The Bertz CT molecular complexity index is 897. The van der Waals surface area contributed by atoms with Gasteiger partial charge in [0.1, 0.15) is 18.0 Å². The van der Waals surface area contributed by atoms with E-state index in [1.54, 1.807) is 12.4 Å². The van der Waals surface area contributed by atoms with Crippen LogP contribution in [0.2, 0.25) is 0 Å². The Labute approximate surface area is 173 Å². The number of nitrogens with one attached hydrogen (secondary N) is 1. The maximum atomic E-state index is 12.3. The first-order valence-corrected chi connectivity index (χ1v) is 10.1. The van der Waals surface area contributed by atoms with Crippen LogP contribution in [0.3, 0.4) is 0 Å². The number of rotatable bonds is 4. The van der Waals surface area contributed by atoms with Crippen molar-refractivity contribution in [3.63, 3.8) is 0 Å². The Kier molecular flexibility index (Phi) is 5.82. The zero-order chi connectivity index (χ0) is 21.2. The topological polar surface area (TPSA) is 73.3 Å². The van der Waals surface area contributed by atoms with Crippen molar-refractivity contribution < 1.29 is 14.3 Å². The average Bonchev–Trinajstić information content (AvgIpc) is 2.58. The molecule has 2 aromatic rings. The van der Waals surface area contributed by atoms with Gasteiger partial charge in [-0.05, 0) is 77.1 Å². The van der Waals surface area contributed by atoms with E-state index in [4.69, 9.17) is 9.47 Å². The lowest BCUT2D eigenvalue weighted by molar-refractivity contribution is -0.00394. The molecule has 0 aromatic carbocycles. The molecule has 0 radical (unpaired) electrons. The molecule has 1 aliphatic heterocycles. The molecule has 0 aliphatic carbocycles. The van der Waals surface area contributed by atoms with Crippen LogP contribution >= 0.6 is 0 Å². The molecule has 6 nitrogen and oxygen atoms in total. The van der Waals surface area contributed by atoms with Crippen molar-refractivity contribution in [1.29, 1.82) is 0 Å². The molecule has 1 N–H and O–H groups in total. The molecule has 1 amide bonds. The second-order valence-corrected chi connectivity index (χ2v) is 9.16. The lowest BCUT2D eigenvalue weighted by Crippen LogP contribution is -2.55. The highest BCUT2D eigenvalue weighted by Crippen LogP contribution is 2.31. The number of carbonyl (C=O) groups is 1. The molecule has 0 saturated carbocycles. The van der Waals surface area contributed by atoms with Crippen LogP contribution in [0.25, 0.3) is 11.3 Å². The number of carbonyl (C=O) groups excluding carboxylic acids is 1. The third-order valence-corrected chi connectivity index (χ3v) is 5.21. The minimum atomic E-state index is -0.514. The van der Waals surface area contributed by atoms with E-state index < -0.39 is 17.2 Å². The van der Waals surface area contributed by atoms with Gasteiger partial charge in [0.05, 0.1) is 17.4 Å². The van der Waals surface area contributed by atoms with Gasteiger partial charge in [-0.15, -0.1) is 0 Å². The Balaban J connectivity index is 1.72. The van der Waals surface area contributed by atoms with E-state index in [9.17, 15) is 4.79 Å². The lowest BCUT2D eigenvalue weighted by Gasteiger charge is -2.39. The highest BCUT2D eigenvalue weighted by Gasteiger charge is 2.37. The molecular formula is C23H31N3O3. The maximum absolute atomic E-state index is 12.3. The van der Waals surface area contributed by atoms with Gasteiger partial charge >= 0.3 is 6.09 Å². The third kappa shape index (κ3) is 5.46. The smallest absolute Gasteiger partial charge is 0.408 e. The number of hydrogen-bond acceptors (Lipinski definition) is 5. The molecule has 1 fully saturated rings. The number of amides is 1. The van der Waals surface area contributed by atoms with Crippen LogP contribution in [0.5, 0.6) is 5.75 Å². The fourth-order valence-corrected chi connectivity index (χ4v) is 4.19. The molecule has 1 saturated heterocycles. The molecule has 3 heterocycles. The number of aryl methyl sites for hydroxylation is 2. The summed E-state index contributed by atoms with van der Waals surface area (Å²) in [6, 6.07) is 5.97. The van der Waals surface area contributed by atoms with Gasteiger partial charge in [-0.1, -0.05) is 6.92 Å². The summed E-state index contributed by atoms with van der Waals surface area (Å²) in [5.74, 6) is 1.10. The SMILES string of the molecule is Cc1cc(-c2cc(C)c(OC[C@]3(C)CC(C)CC(C)(C)OC(=O)N3)cn2)ccn1. The highest BCUT2D eigenvalue weighted by atomic mass is 16.6. The Morgan fingerprint density at radius 1 is 1.21 bits per heavy atom. The molecule has 6 heteroatoms. The first-order chi connectivity index (χ1) is 13.6. The third-order valence-electron chi connectivity index (χ3n) is 5.21. The normalized spacial score (nSPS) is 24.1. The van der Waals surface area contributed by atoms with Crippen molar-refractivity contribution in [1.82, 2.24) is 15.3 Å². The summed E-state index contributed by atoms with van der Waals surface area (Å²) in [5.41, 5.74) is 2.88. The van der Waals surface area contributed by atoms with Gasteiger partial charge in [0.25, 0.3) is 0 Å². The molecule has 1 aliphatic rings. The number of alkyl carbamates (subject to hydrolysis) is 1. The maximum Gasteiger partial charge on any atom is 0.408 e. The standard InChI is InChI=1S/C23H31N3O3/c1-15-11-22(4,5)29-21(27)26-23(6,12-15)14-28-20-13-25-19(9-16(20)2)18-7-8-24-17(3)10-18/h7-10,13,15H,11-12,14H2,1-6H3,(H,26,27)/t15?,23-/m0/s1. The van der Waals surface area contributed by atoms with Crippen LogP contribution in [0, 0.1) is 19.8 Å². The second kappa shape index (κ2) is 8.01. The van der Waals surface area contributed by atoms with Gasteiger partial charge in [0.2, 0.25) is 0 Å². The van der Waals surface area contributed by atoms with Crippen LogP contribution in [-0.2, 0) is 4.74 Å². The number of aromatic nitrogens is 2. The lowest BCUT2D eigenvalue weighted by atomic mass is 9.83. The van der Waals surface area contributed by atoms with Crippen molar-refractivity contribution in [2.24, 2.45) is 5.92 Å². The number of hydrogen-bond donors (Lipinski definition) is 1. The zero-order valence-corrected chi connectivity index (χ0v) is 18.2.